The van der Waals surface area contributed by atoms with Gasteiger partial charge in [0.05, 0.1) is 13.0 Å². The second-order valence-electron chi connectivity index (χ2n) is 10.5. The lowest BCUT2D eigenvalue weighted by Gasteiger charge is -2.18. The van der Waals surface area contributed by atoms with Crippen LogP contribution >= 0.6 is 0 Å². The molecule has 3 rings (SSSR count). The van der Waals surface area contributed by atoms with Gasteiger partial charge in [0, 0.05) is 35.4 Å². The smallest absolute Gasteiger partial charge is 0.411 e. The highest BCUT2D eigenvalue weighted by Crippen LogP contribution is 2.33. The molecule has 41 heavy (non-hydrogen) atoms. The molecule has 0 aliphatic rings. The van der Waals surface area contributed by atoms with E-state index in [2.05, 4.69) is 5.32 Å². The molecule has 1 heterocycles. The SMILES string of the molecule is CCOC(=O)Cc1ccc(C)cc1OCc1cc(C(/C=C\NC(=O)OC(C)(C)C)=C(/C)F)c2oc(COC)cc2c1. The molecule has 2 aromatic carbocycles. The van der Waals surface area contributed by atoms with Gasteiger partial charge in [-0.25, -0.2) is 9.18 Å². The molecule has 220 valence electrons. The van der Waals surface area contributed by atoms with Crippen LogP contribution in [-0.4, -0.2) is 31.4 Å². The Balaban J connectivity index is 1.96. The number of methoxy groups -OCH3 is 1. The lowest BCUT2D eigenvalue weighted by atomic mass is 9.99. The van der Waals surface area contributed by atoms with Gasteiger partial charge in [0.1, 0.15) is 41.7 Å². The topological polar surface area (TPSA) is 96.2 Å². The fourth-order valence-electron chi connectivity index (χ4n) is 4.13. The molecule has 0 bridgehead atoms. The zero-order valence-corrected chi connectivity index (χ0v) is 24.7. The number of carbonyl (C=O) groups excluding carboxylic acids is 2. The quantitative estimate of drug-likeness (QED) is 0.192. The molecule has 1 aromatic heterocycles. The fraction of sp³-hybridized carbons (Fsp3) is 0.375. The summed E-state index contributed by atoms with van der Waals surface area (Å²) in [6, 6.07) is 11.1. The summed E-state index contributed by atoms with van der Waals surface area (Å²) in [6.07, 6.45) is 2.21. The van der Waals surface area contributed by atoms with Crippen LogP contribution in [0.15, 0.2) is 58.9 Å². The molecule has 1 amide bonds. The number of allylic oxidation sites excluding steroid dienone is 3. The van der Waals surface area contributed by atoms with Crippen molar-refractivity contribution in [1.29, 1.82) is 0 Å². The number of carbonyl (C=O) groups is 2. The Morgan fingerprint density at radius 1 is 1.10 bits per heavy atom. The van der Waals surface area contributed by atoms with E-state index in [1.54, 1.807) is 40.9 Å². The minimum absolute atomic E-state index is 0.0826. The summed E-state index contributed by atoms with van der Waals surface area (Å²) in [5.74, 6) is 0.315. The standard InChI is InChI=1S/C32H38FNO7/c1-8-38-29(35)17-23-10-9-20(2)13-28(23)39-18-22-14-24-16-25(19-37-7)40-30(24)27(15-22)26(21(3)33)11-12-34-31(36)41-32(4,5)6/h9-16H,8,17-19H2,1-7H3,(H,34,36)/b12-11-,26-21-. The van der Waals surface area contributed by atoms with Crippen LogP contribution in [0.5, 0.6) is 5.75 Å². The van der Waals surface area contributed by atoms with E-state index < -0.39 is 17.5 Å². The molecule has 0 aliphatic heterocycles. The molecule has 0 saturated heterocycles. The van der Waals surface area contributed by atoms with Gasteiger partial charge >= 0.3 is 12.1 Å². The van der Waals surface area contributed by atoms with Crippen LogP contribution in [0.1, 0.15) is 62.6 Å². The molecular formula is C32H38FNO7. The van der Waals surface area contributed by atoms with Crippen molar-refractivity contribution in [3.63, 3.8) is 0 Å². The number of fused-ring (bicyclic) bond motifs is 1. The Morgan fingerprint density at radius 3 is 2.51 bits per heavy atom. The zero-order valence-electron chi connectivity index (χ0n) is 24.7. The Kier molecular flexibility index (Phi) is 10.7. The summed E-state index contributed by atoms with van der Waals surface area (Å²) < 4.78 is 42.7. The van der Waals surface area contributed by atoms with Gasteiger partial charge < -0.3 is 23.4 Å². The zero-order chi connectivity index (χ0) is 30.2. The van der Waals surface area contributed by atoms with Crippen LogP contribution in [0.3, 0.4) is 0 Å². The van der Waals surface area contributed by atoms with E-state index in [1.807, 2.05) is 37.3 Å². The molecular weight excluding hydrogens is 529 g/mol. The first-order valence-electron chi connectivity index (χ1n) is 13.3. The van der Waals surface area contributed by atoms with E-state index in [4.69, 9.17) is 23.4 Å². The molecule has 0 spiro atoms. The van der Waals surface area contributed by atoms with Gasteiger partial charge in [0.25, 0.3) is 0 Å². The third-order valence-electron chi connectivity index (χ3n) is 5.78. The van der Waals surface area contributed by atoms with E-state index in [0.29, 0.717) is 34.8 Å². The number of hydrogen-bond donors (Lipinski definition) is 1. The highest BCUT2D eigenvalue weighted by molar-refractivity contribution is 5.94. The second-order valence-corrected chi connectivity index (χ2v) is 10.5. The summed E-state index contributed by atoms with van der Waals surface area (Å²) in [6.45, 7) is 11.0. The van der Waals surface area contributed by atoms with E-state index in [9.17, 15) is 14.0 Å². The maximum Gasteiger partial charge on any atom is 0.411 e. The molecule has 1 N–H and O–H groups in total. The Morgan fingerprint density at radius 2 is 1.85 bits per heavy atom. The molecule has 9 heteroatoms. The number of halogens is 1. The number of nitrogens with one attached hydrogen (secondary N) is 1. The van der Waals surface area contributed by atoms with Gasteiger partial charge in [-0.15, -0.1) is 0 Å². The van der Waals surface area contributed by atoms with Crippen LogP contribution in [0.2, 0.25) is 0 Å². The van der Waals surface area contributed by atoms with Crippen molar-refractivity contribution >= 4 is 28.6 Å². The van der Waals surface area contributed by atoms with E-state index in [-0.39, 0.29) is 31.2 Å². The first kappa shape index (κ1) is 31.4. The number of alkyl carbamates (subject to hydrolysis) is 1. The maximum absolute atomic E-state index is 14.9. The number of esters is 1. The number of benzene rings is 2. The molecule has 0 aliphatic carbocycles. The molecule has 3 aromatic rings. The van der Waals surface area contributed by atoms with E-state index in [1.165, 1.54) is 19.2 Å². The van der Waals surface area contributed by atoms with Crippen LogP contribution in [0, 0.1) is 6.92 Å². The maximum atomic E-state index is 14.9. The molecule has 0 saturated carbocycles. The van der Waals surface area contributed by atoms with E-state index in [0.717, 1.165) is 16.5 Å². The van der Waals surface area contributed by atoms with Crippen molar-refractivity contribution in [2.75, 3.05) is 13.7 Å². The minimum atomic E-state index is -0.674. The third kappa shape index (κ3) is 9.21. The highest BCUT2D eigenvalue weighted by atomic mass is 19.1. The van der Waals surface area contributed by atoms with Crippen molar-refractivity contribution in [2.45, 2.75) is 66.8 Å². The minimum Gasteiger partial charge on any atom is -0.489 e. The fourth-order valence-corrected chi connectivity index (χ4v) is 4.13. The van der Waals surface area contributed by atoms with Crippen LogP contribution < -0.4 is 10.1 Å². The van der Waals surface area contributed by atoms with Gasteiger partial charge in [-0.2, -0.15) is 0 Å². The summed E-state index contributed by atoms with van der Waals surface area (Å²) in [5.41, 5.74) is 2.90. The second kappa shape index (κ2) is 14.0. The molecule has 0 radical (unpaired) electrons. The van der Waals surface area contributed by atoms with Crippen LogP contribution in [-0.2, 0) is 38.6 Å². The molecule has 0 unspecified atom stereocenters. The predicted molar refractivity (Wildman–Crippen MR) is 155 cm³/mol. The summed E-state index contributed by atoms with van der Waals surface area (Å²) in [7, 11) is 1.56. The van der Waals surface area contributed by atoms with E-state index >= 15 is 0 Å². The van der Waals surface area contributed by atoms with Gasteiger partial charge in [-0.05, 0) is 83.0 Å². The van der Waals surface area contributed by atoms with Crippen molar-refractivity contribution < 1.29 is 37.3 Å². The average Bonchev–Trinajstić information content (AvgIpc) is 3.28. The molecule has 0 atom stereocenters. The van der Waals surface area contributed by atoms with Gasteiger partial charge in [-0.3, -0.25) is 10.1 Å². The average molecular weight is 568 g/mol. The summed E-state index contributed by atoms with van der Waals surface area (Å²) in [5, 5.41) is 3.24. The third-order valence-corrected chi connectivity index (χ3v) is 5.78. The first-order valence-corrected chi connectivity index (χ1v) is 13.3. The molecule has 8 nitrogen and oxygen atoms in total. The number of ether oxygens (including phenoxy) is 4. The van der Waals surface area contributed by atoms with Crippen LogP contribution in [0.25, 0.3) is 16.5 Å². The van der Waals surface area contributed by atoms with Gasteiger partial charge in [0.2, 0.25) is 0 Å². The summed E-state index contributed by atoms with van der Waals surface area (Å²) >= 11 is 0. The summed E-state index contributed by atoms with van der Waals surface area (Å²) in [4.78, 5) is 24.2. The highest BCUT2D eigenvalue weighted by Gasteiger charge is 2.18. The largest absolute Gasteiger partial charge is 0.489 e. The Labute approximate surface area is 240 Å². The molecule has 0 fully saturated rings. The first-order chi connectivity index (χ1) is 19.4. The van der Waals surface area contributed by atoms with Crippen molar-refractivity contribution in [2.24, 2.45) is 0 Å². The van der Waals surface area contributed by atoms with Crippen molar-refractivity contribution in [3.05, 3.63) is 82.5 Å². The number of hydrogen-bond acceptors (Lipinski definition) is 7. The Hall–Kier alpha value is -4.11. The lowest BCUT2D eigenvalue weighted by Crippen LogP contribution is -2.29. The van der Waals surface area contributed by atoms with Gasteiger partial charge in [0.15, 0.2) is 0 Å². The number of aryl methyl sites for hydroxylation is 1. The monoisotopic (exact) mass is 567 g/mol. The van der Waals surface area contributed by atoms with Crippen molar-refractivity contribution in [1.82, 2.24) is 5.32 Å². The van der Waals surface area contributed by atoms with Crippen molar-refractivity contribution in [3.8, 4) is 5.75 Å². The number of amides is 1. The Bertz CT molecular complexity index is 1440. The predicted octanol–water partition coefficient (Wildman–Crippen LogP) is 7.31. The van der Waals surface area contributed by atoms with Crippen LogP contribution in [0.4, 0.5) is 9.18 Å². The number of rotatable bonds is 11. The lowest BCUT2D eigenvalue weighted by molar-refractivity contribution is -0.142. The normalized spacial score (nSPS) is 12.4. The number of furan rings is 1. The van der Waals surface area contributed by atoms with Gasteiger partial charge in [-0.1, -0.05) is 12.1 Å².